The number of para-hydroxylation sites is 2. The van der Waals surface area contributed by atoms with Gasteiger partial charge >= 0.3 is 11.9 Å². The summed E-state index contributed by atoms with van der Waals surface area (Å²) in [5, 5.41) is 6.60. The SMILES string of the molecule is CCOC(=O)c1ccccc1Nc1ccc(-c2ccc(Nc3ccccc3C(=O)OCC)cc2)cc1. The first kappa shape index (κ1) is 24.5. The van der Waals surface area contributed by atoms with Crippen LogP contribution in [0, 0.1) is 0 Å². The zero-order valence-electron chi connectivity index (χ0n) is 20.3. The van der Waals surface area contributed by atoms with Gasteiger partial charge < -0.3 is 20.1 Å². The molecule has 0 heterocycles. The third-order valence-electron chi connectivity index (χ3n) is 5.51. The Kier molecular flexibility index (Phi) is 7.98. The van der Waals surface area contributed by atoms with Crippen LogP contribution < -0.4 is 10.6 Å². The molecular weight excluding hydrogens is 452 g/mol. The molecule has 0 radical (unpaired) electrons. The molecule has 0 unspecified atom stereocenters. The van der Waals surface area contributed by atoms with E-state index < -0.39 is 0 Å². The van der Waals surface area contributed by atoms with E-state index in [-0.39, 0.29) is 11.9 Å². The number of hydrogen-bond acceptors (Lipinski definition) is 6. The summed E-state index contributed by atoms with van der Waals surface area (Å²) >= 11 is 0. The maximum absolute atomic E-state index is 12.2. The number of benzene rings is 4. The van der Waals surface area contributed by atoms with Crippen molar-refractivity contribution in [2.24, 2.45) is 0 Å². The van der Waals surface area contributed by atoms with E-state index in [1.807, 2.05) is 84.9 Å². The van der Waals surface area contributed by atoms with Crippen molar-refractivity contribution in [2.75, 3.05) is 23.8 Å². The third-order valence-corrected chi connectivity index (χ3v) is 5.51. The third kappa shape index (κ3) is 5.91. The van der Waals surface area contributed by atoms with E-state index >= 15 is 0 Å². The molecule has 4 aromatic carbocycles. The minimum atomic E-state index is -0.351. The van der Waals surface area contributed by atoms with Crippen LogP contribution in [0.15, 0.2) is 97.1 Å². The lowest BCUT2D eigenvalue weighted by Gasteiger charge is -2.13. The van der Waals surface area contributed by atoms with E-state index in [0.717, 1.165) is 22.5 Å². The maximum Gasteiger partial charge on any atom is 0.340 e. The summed E-state index contributed by atoms with van der Waals surface area (Å²) in [5.41, 5.74) is 6.22. The second kappa shape index (κ2) is 11.7. The lowest BCUT2D eigenvalue weighted by Crippen LogP contribution is -2.07. The summed E-state index contributed by atoms with van der Waals surface area (Å²) in [6, 6.07) is 30.5. The second-order valence-electron chi connectivity index (χ2n) is 7.94. The first-order valence-corrected chi connectivity index (χ1v) is 11.9. The van der Waals surface area contributed by atoms with E-state index in [4.69, 9.17) is 9.47 Å². The number of ether oxygens (including phenoxy) is 2. The first-order valence-electron chi connectivity index (χ1n) is 11.9. The predicted molar refractivity (Wildman–Crippen MR) is 143 cm³/mol. The molecule has 0 saturated carbocycles. The van der Waals surface area contributed by atoms with Crippen LogP contribution in [0.4, 0.5) is 22.7 Å². The molecule has 0 atom stereocenters. The highest BCUT2D eigenvalue weighted by molar-refractivity contribution is 5.97. The zero-order chi connectivity index (χ0) is 25.3. The van der Waals surface area contributed by atoms with Crippen molar-refractivity contribution in [1.82, 2.24) is 0 Å². The Balaban J connectivity index is 1.46. The summed E-state index contributed by atoms with van der Waals surface area (Å²) < 4.78 is 10.3. The Morgan fingerprint density at radius 2 is 0.917 bits per heavy atom. The van der Waals surface area contributed by atoms with Gasteiger partial charge in [0, 0.05) is 11.4 Å². The van der Waals surface area contributed by atoms with Crippen molar-refractivity contribution in [3.05, 3.63) is 108 Å². The van der Waals surface area contributed by atoms with Gasteiger partial charge in [-0.05, 0) is 73.5 Å². The normalized spacial score (nSPS) is 10.4. The number of hydrogen-bond donors (Lipinski definition) is 2. The molecule has 0 aliphatic carbocycles. The van der Waals surface area contributed by atoms with Crippen LogP contribution in [-0.2, 0) is 9.47 Å². The molecule has 4 rings (SSSR count). The Hall–Kier alpha value is -4.58. The maximum atomic E-state index is 12.2. The number of nitrogens with one attached hydrogen (secondary N) is 2. The number of esters is 2. The first-order chi connectivity index (χ1) is 17.6. The summed E-state index contributed by atoms with van der Waals surface area (Å²) in [6.07, 6.45) is 0. The van der Waals surface area contributed by atoms with Crippen LogP contribution in [0.1, 0.15) is 34.6 Å². The summed E-state index contributed by atoms with van der Waals surface area (Å²) in [6.45, 7) is 4.23. The minimum absolute atomic E-state index is 0.327. The zero-order valence-corrected chi connectivity index (χ0v) is 20.3. The number of rotatable bonds is 9. The van der Waals surface area contributed by atoms with Crippen LogP contribution in [0.2, 0.25) is 0 Å². The van der Waals surface area contributed by atoms with Gasteiger partial charge in [-0.2, -0.15) is 0 Å². The van der Waals surface area contributed by atoms with Gasteiger partial charge in [-0.1, -0.05) is 48.5 Å². The number of anilines is 4. The van der Waals surface area contributed by atoms with E-state index in [1.54, 1.807) is 26.0 Å². The minimum Gasteiger partial charge on any atom is -0.462 e. The molecule has 0 spiro atoms. The molecular formula is C30H28N2O4. The van der Waals surface area contributed by atoms with Gasteiger partial charge in [0.2, 0.25) is 0 Å². The summed E-state index contributed by atoms with van der Waals surface area (Å²) in [5.74, 6) is -0.702. The average Bonchev–Trinajstić information content (AvgIpc) is 2.90. The fourth-order valence-electron chi connectivity index (χ4n) is 3.76. The molecule has 0 fully saturated rings. The van der Waals surface area contributed by atoms with Gasteiger partial charge in [0.1, 0.15) is 0 Å². The molecule has 0 saturated heterocycles. The summed E-state index contributed by atoms with van der Waals surface area (Å²) in [7, 11) is 0. The van der Waals surface area contributed by atoms with Crippen LogP contribution in [0.25, 0.3) is 11.1 Å². The monoisotopic (exact) mass is 480 g/mol. The van der Waals surface area contributed by atoms with Crippen LogP contribution >= 0.6 is 0 Å². The lowest BCUT2D eigenvalue weighted by atomic mass is 10.0. The number of carbonyl (C=O) groups is 2. The second-order valence-corrected chi connectivity index (χ2v) is 7.94. The lowest BCUT2D eigenvalue weighted by molar-refractivity contribution is 0.0518. The van der Waals surface area contributed by atoms with Crippen molar-refractivity contribution >= 4 is 34.7 Å². The molecule has 6 heteroatoms. The highest BCUT2D eigenvalue weighted by Gasteiger charge is 2.13. The topological polar surface area (TPSA) is 76.7 Å². The summed E-state index contributed by atoms with van der Waals surface area (Å²) in [4.78, 5) is 24.5. The van der Waals surface area contributed by atoms with Gasteiger partial charge in [-0.15, -0.1) is 0 Å². The fourth-order valence-corrected chi connectivity index (χ4v) is 3.76. The molecule has 6 nitrogen and oxygen atoms in total. The van der Waals surface area contributed by atoms with Crippen molar-refractivity contribution < 1.29 is 19.1 Å². The molecule has 36 heavy (non-hydrogen) atoms. The Morgan fingerprint density at radius 1 is 0.556 bits per heavy atom. The molecule has 0 bridgehead atoms. The van der Waals surface area contributed by atoms with Gasteiger partial charge in [-0.3, -0.25) is 0 Å². The van der Waals surface area contributed by atoms with E-state index in [1.165, 1.54) is 0 Å². The molecule has 0 amide bonds. The Bertz CT molecular complexity index is 1230. The molecule has 0 aliphatic heterocycles. The van der Waals surface area contributed by atoms with E-state index in [2.05, 4.69) is 10.6 Å². The van der Waals surface area contributed by atoms with Crippen LogP contribution in [0.3, 0.4) is 0 Å². The highest BCUT2D eigenvalue weighted by atomic mass is 16.5. The van der Waals surface area contributed by atoms with Gasteiger partial charge in [0.25, 0.3) is 0 Å². The Labute approximate surface area is 210 Å². The van der Waals surface area contributed by atoms with E-state index in [0.29, 0.717) is 35.7 Å². The van der Waals surface area contributed by atoms with Crippen LogP contribution in [-0.4, -0.2) is 25.2 Å². The smallest absolute Gasteiger partial charge is 0.340 e. The Morgan fingerprint density at radius 3 is 1.28 bits per heavy atom. The largest absolute Gasteiger partial charge is 0.462 e. The van der Waals surface area contributed by atoms with E-state index in [9.17, 15) is 9.59 Å². The molecule has 0 aliphatic rings. The molecule has 0 aromatic heterocycles. The van der Waals surface area contributed by atoms with Crippen molar-refractivity contribution in [2.45, 2.75) is 13.8 Å². The molecule has 4 aromatic rings. The number of carbonyl (C=O) groups excluding carboxylic acids is 2. The van der Waals surface area contributed by atoms with Gasteiger partial charge in [0.05, 0.1) is 35.7 Å². The van der Waals surface area contributed by atoms with Crippen LogP contribution in [0.5, 0.6) is 0 Å². The quantitative estimate of drug-likeness (QED) is 0.247. The standard InChI is InChI=1S/C30H28N2O4/c1-3-35-29(33)25-9-5-7-11-27(25)31-23-17-13-21(14-18-23)22-15-19-24(20-16-22)32-28-12-8-6-10-26(28)30(34)36-4-2/h5-20,31-32H,3-4H2,1-2H3. The van der Waals surface area contributed by atoms with Gasteiger partial charge in [0.15, 0.2) is 0 Å². The van der Waals surface area contributed by atoms with Gasteiger partial charge in [-0.25, -0.2) is 9.59 Å². The predicted octanol–water partition coefficient (Wildman–Crippen LogP) is 7.19. The molecule has 182 valence electrons. The molecule has 2 N–H and O–H groups in total. The average molecular weight is 481 g/mol. The van der Waals surface area contributed by atoms with Crippen molar-refractivity contribution in [3.8, 4) is 11.1 Å². The van der Waals surface area contributed by atoms with Crippen molar-refractivity contribution in [3.63, 3.8) is 0 Å². The van der Waals surface area contributed by atoms with Crippen molar-refractivity contribution in [1.29, 1.82) is 0 Å². The highest BCUT2D eigenvalue weighted by Crippen LogP contribution is 2.28. The fraction of sp³-hybridized carbons (Fsp3) is 0.133.